The minimum absolute atomic E-state index is 0.0519. The Kier molecular flexibility index (Phi) is 4.00. The maximum atomic E-state index is 12.4. The van der Waals surface area contributed by atoms with E-state index in [2.05, 4.69) is 0 Å². The highest BCUT2D eigenvalue weighted by atomic mass is 16.6. The van der Waals surface area contributed by atoms with Gasteiger partial charge in [0.1, 0.15) is 5.60 Å². The molecule has 1 heterocycles. The Morgan fingerprint density at radius 2 is 1.58 bits per heavy atom. The van der Waals surface area contributed by atoms with Crippen LogP contribution in [-0.4, -0.2) is 78.0 Å². The molecular formula is C17H27N3O4. The Morgan fingerprint density at radius 1 is 1.08 bits per heavy atom. The number of amides is 3. The van der Waals surface area contributed by atoms with Gasteiger partial charge < -0.3 is 19.4 Å². The number of nitrogens with zero attached hydrogens (tertiary/aromatic N) is 3. The van der Waals surface area contributed by atoms with Crippen LogP contribution in [0.15, 0.2) is 0 Å². The molecule has 2 aliphatic carbocycles. The topological polar surface area (TPSA) is 70.2 Å². The van der Waals surface area contributed by atoms with Crippen LogP contribution in [0.25, 0.3) is 0 Å². The van der Waals surface area contributed by atoms with Gasteiger partial charge in [0, 0.05) is 33.2 Å². The number of rotatable bonds is 3. The van der Waals surface area contributed by atoms with Crippen molar-refractivity contribution >= 4 is 17.9 Å². The summed E-state index contributed by atoms with van der Waals surface area (Å²) in [5.41, 5.74) is -0.611. The van der Waals surface area contributed by atoms with Gasteiger partial charge in [0.25, 0.3) is 0 Å². The third-order valence-electron chi connectivity index (χ3n) is 5.11. The van der Waals surface area contributed by atoms with E-state index >= 15 is 0 Å². The summed E-state index contributed by atoms with van der Waals surface area (Å²) in [6.45, 7) is 7.51. The van der Waals surface area contributed by atoms with Gasteiger partial charge in [0.15, 0.2) is 0 Å². The molecule has 0 aromatic heterocycles. The number of fused-ring (bicyclic) bond motifs is 1. The summed E-state index contributed by atoms with van der Waals surface area (Å²) < 4.78 is 5.35. The molecule has 3 fully saturated rings. The predicted molar refractivity (Wildman–Crippen MR) is 87.2 cm³/mol. The fraction of sp³-hybridized carbons (Fsp3) is 0.824. The molecule has 7 heteroatoms. The molecule has 1 saturated heterocycles. The van der Waals surface area contributed by atoms with Gasteiger partial charge in [-0.25, -0.2) is 4.79 Å². The van der Waals surface area contributed by atoms with Gasteiger partial charge in [-0.15, -0.1) is 0 Å². The normalized spacial score (nSPS) is 28.1. The smallest absolute Gasteiger partial charge is 0.410 e. The Labute approximate surface area is 142 Å². The molecule has 3 amide bonds. The average molecular weight is 337 g/mol. The van der Waals surface area contributed by atoms with Crippen molar-refractivity contribution in [2.24, 2.45) is 11.3 Å². The van der Waals surface area contributed by atoms with Crippen LogP contribution in [0, 0.1) is 11.3 Å². The summed E-state index contributed by atoms with van der Waals surface area (Å²) in [4.78, 5) is 41.6. The Morgan fingerprint density at radius 3 is 2.04 bits per heavy atom. The third-order valence-corrected chi connectivity index (χ3v) is 5.11. The summed E-state index contributed by atoms with van der Waals surface area (Å²) in [5.74, 6) is 0.650. The molecule has 0 bridgehead atoms. The lowest BCUT2D eigenvalue weighted by Crippen LogP contribution is -2.53. The SMILES string of the molecule is CN(CC(=O)N1CCN(C(=O)OC(C)(C)C)CC1)C(=O)C12CC1C2. The molecule has 3 rings (SSSR count). The molecular weight excluding hydrogens is 310 g/mol. The van der Waals surface area contributed by atoms with Crippen LogP contribution in [0.5, 0.6) is 0 Å². The first-order valence-electron chi connectivity index (χ1n) is 8.64. The third kappa shape index (κ3) is 3.35. The summed E-state index contributed by atoms with van der Waals surface area (Å²) in [6.07, 6.45) is 1.66. The number of likely N-dealkylation sites (N-methyl/N-ethyl adjacent to an activating group) is 1. The van der Waals surface area contributed by atoms with Crippen molar-refractivity contribution in [2.45, 2.75) is 39.2 Å². The molecule has 7 nitrogen and oxygen atoms in total. The maximum Gasteiger partial charge on any atom is 0.410 e. The van der Waals surface area contributed by atoms with Crippen molar-refractivity contribution in [3.63, 3.8) is 0 Å². The Bertz CT molecular complexity index is 555. The van der Waals surface area contributed by atoms with E-state index in [0.717, 1.165) is 12.8 Å². The number of piperazine rings is 1. The fourth-order valence-corrected chi connectivity index (χ4v) is 3.27. The lowest BCUT2D eigenvalue weighted by atomic mass is 10.2. The van der Waals surface area contributed by atoms with Gasteiger partial charge in [-0.3, -0.25) is 9.59 Å². The highest BCUT2D eigenvalue weighted by Crippen LogP contribution is 2.75. The number of carbonyl (C=O) groups excluding carboxylic acids is 3. The first-order chi connectivity index (χ1) is 11.1. The van der Waals surface area contributed by atoms with Crippen molar-refractivity contribution in [1.82, 2.24) is 14.7 Å². The molecule has 24 heavy (non-hydrogen) atoms. The number of carbonyl (C=O) groups is 3. The van der Waals surface area contributed by atoms with E-state index in [4.69, 9.17) is 4.74 Å². The predicted octanol–water partition coefficient (Wildman–Crippen LogP) is 0.934. The summed E-state index contributed by atoms with van der Waals surface area (Å²) >= 11 is 0. The molecule has 0 unspecified atom stereocenters. The van der Waals surface area contributed by atoms with Crippen molar-refractivity contribution in [1.29, 1.82) is 0 Å². The van der Waals surface area contributed by atoms with Crippen LogP contribution in [0.4, 0.5) is 4.79 Å². The van der Waals surface area contributed by atoms with E-state index in [9.17, 15) is 14.4 Å². The first kappa shape index (κ1) is 17.0. The van der Waals surface area contributed by atoms with E-state index in [1.165, 1.54) is 0 Å². The van der Waals surface area contributed by atoms with Gasteiger partial charge >= 0.3 is 6.09 Å². The van der Waals surface area contributed by atoms with Gasteiger partial charge in [-0.1, -0.05) is 0 Å². The largest absolute Gasteiger partial charge is 0.444 e. The molecule has 0 atom stereocenters. The molecule has 0 aromatic rings. The quantitative estimate of drug-likeness (QED) is 0.768. The monoisotopic (exact) mass is 337 g/mol. The lowest BCUT2D eigenvalue weighted by molar-refractivity contribution is -0.142. The van der Waals surface area contributed by atoms with Crippen molar-refractivity contribution in [3.05, 3.63) is 0 Å². The number of ether oxygens (including phenoxy) is 1. The van der Waals surface area contributed by atoms with E-state index in [-0.39, 0.29) is 29.9 Å². The summed E-state index contributed by atoms with van der Waals surface area (Å²) in [7, 11) is 1.71. The second kappa shape index (κ2) is 5.63. The standard InChI is InChI=1S/C17H27N3O4/c1-16(2,3)24-15(23)20-7-5-19(6-8-20)13(21)11-18(4)14(22)17-9-12(17)10-17/h12H,5-11H2,1-4H3. The number of hydrogen-bond acceptors (Lipinski definition) is 4. The van der Waals surface area contributed by atoms with Gasteiger partial charge in [-0.2, -0.15) is 0 Å². The van der Waals surface area contributed by atoms with Crippen LogP contribution in [0.1, 0.15) is 33.6 Å². The van der Waals surface area contributed by atoms with Crippen LogP contribution in [-0.2, 0) is 14.3 Å². The van der Waals surface area contributed by atoms with Crippen molar-refractivity contribution in [2.75, 3.05) is 39.8 Å². The zero-order valence-corrected chi connectivity index (χ0v) is 15.0. The van der Waals surface area contributed by atoms with Gasteiger partial charge in [-0.05, 0) is 39.5 Å². The van der Waals surface area contributed by atoms with Crippen molar-refractivity contribution < 1.29 is 19.1 Å². The highest BCUT2D eigenvalue weighted by molar-refractivity contribution is 5.92. The molecule has 1 aliphatic heterocycles. The van der Waals surface area contributed by atoms with Crippen molar-refractivity contribution in [3.8, 4) is 0 Å². The Balaban J connectivity index is 1.43. The molecule has 0 aromatic carbocycles. The van der Waals surface area contributed by atoms with Crippen LogP contribution < -0.4 is 0 Å². The van der Waals surface area contributed by atoms with E-state index in [1.807, 2.05) is 20.8 Å². The molecule has 134 valence electrons. The Hall–Kier alpha value is -1.79. The van der Waals surface area contributed by atoms with Gasteiger partial charge in [0.2, 0.25) is 11.8 Å². The van der Waals surface area contributed by atoms with Crippen LogP contribution in [0.3, 0.4) is 0 Å². The van der Waals surface area contributed by atoms with E-state index in [0.29, 0.717) is 32.1 Å². The average Bonchev–Trinajstić information content (AvgIpc) is 3.34. The minimum Gasteiger partial charge on any atom is -0.444 e. The minimum atomic E-state index is -0.518. The molecule has 0 N–H and O–H groups in total. The second-order valence-electron chi connectivity index (χ2n) is 8.27. The van der Waals surface area contributed by atoms with Gasteiger partial charge in [0.05, 0.1) is 12.0 Å². The molecule has 3 aliphatic rings. The summed E-state index contributed by atoms with van der Waals surface area (Å²) in [6, 6.07) is 0. The summed E-state index contributed by atoms with van der Waals surface area (Å²) in [5, 5.41) is 0. The molecule has 0 radical (unpaired) electrons. The fourth-order valence-electron chi connectivity index (χ4n) is 3.27. The zero-order chi connectivity index (χ0) is 17.7. The van der Waals surface area contributed by atoms with Crippen LogP contribution in [0.2, 0.25) is 0 Å². The molecule has 2 saturated carbocycles. The lowest BCUT2D eigenvalue weighted by Gasteiger charge is -2.36. The second-order valence-corrected chi connectivity index (χ2v) is 8.27. The highest BCUT2D eigenvalue weighted by Gasteiger charge is 2.75. The first-order valence-corrected chi connectivity index (χ1v) is 8.64. The maximum absolute atomic E-state index is 12.4. The van der Waals surface area contributed by atoms with E-state index in [1.54, 1.807) is 21.7 Å². The molecule has 0 spiro atoms. The van der Waals surface area contributed by atoms with Crippen LogP contribution >= 0.6 is 0 Å². The van der Waals surface area contributed by atoms with E-state index < -0.39 is 5.60 Å². The zero-order valence-electron chi connectivity index (χ0n) is 15.0. The number of hydrogen-bond donors (Lipinski definition) is 0.